The van der Waals surface area contributed by atoms with Crippen LogP contribution in [-0.4, -0.2) is 19.9 Å². The summed E-state index contributed by atoms with van der Waals surface area (Å²) < 4.78 is 38.0. The molecule has 0 aliphatic carbocycles. The van der Waals surface area contributed by atoms with Crippen LogP contribution in [0.25, 0.3) is 0 Å². The van der Waals surface area contributed by atoms with Gasteiger partial charge in [0.2, 0.25) is 0 Å². The lowest BCUT2D eigenvalue weighted by molar-refractivity contribution is 0.396. The van der Waals surface area contributed by atoms with Crippen LogP contribution in [0.5, 0.6) is 0 Å². The van der Waals surface area contributed by atoms with Gasteiger partial charge in [-0.25, -0.2) is 0 Å². The lowest BCUT2D eigenvalue weighted by atomic mass is 10.9. The molecule has 5 heteroatoms. The monoisotopic (exact) mass is 168 g/mol. The van der Waals surface area contributed by atoms with Gasteiger partial charge in [0, 0.05) is 12.8 Å². The summed E-state index contributed by atoms with van der Waals surface area (Å²) in [5.41, 5.74) is 1.69. The third kappa shape index (κ3) is 2.95. The molecule has 0 aromatic heterocycles. The van der Waals surface area contributed by atoms with Crippen molar-refractivity contribution in [3.8, 4) is 11.8 Å². The Kier molecular flexibility index (Phi) is 4.26. The van der Waals surface area contributed by atoms with Crippen molar-refractivity contribution in [2.24, 2.45) is 0 Å². The fourth-order valence-electron chi connectivity index (χ4n) is 0.368. The average molecular weight is 168 g/mol. The first-order chi connectivity index (χ1) is 4.68. The van der Waals surface area contributed by atoms with Crippen molar-refractivity contribution in [3.05, 3.63) is 0 Å². The van der Waals surface area contributed by atoms with Crippen LogP contribution in [0, 0.1) is 11.8 Å². The first-order valence-corrected chi connectivity index (χ1v) is 4.33. The summed E-state index contributed by atoms with van der Waals surface area (Å²) in [4.78, 5) is 0. The summed E-state index contributed by atoms with van der Waals surface area (Å²) in [5, 5.41) is 0. The average Bonchev–Trinajstić information content (AvgIpc) is 1.89. The highest BCUT2D eigenvalue weighted by Crippen LogP contribution is 2.44. The van der Waals surface area contributed by atoms with E-state index in [1.807, 2.05) is 0 Å². The Morgan fingerprint density at radius 2 is 2.30 bits per heavy atom. The molecule has 1 atom stereocenters. The van der Waals surface area contributed by atoms with Gasteiger partial charge in [-0.15, -0.1) is 4.39 Å². The number of halogens is 2. The molecule has 0 aliphatic heterocycles. The fraction of sp³-hybridized carbons (Fsp3) is 0.600. The highest BCUT2D eigenvalue weighted by molar-refractivity contribution is 7.64. The first kappa shape index (κ1) is 9.61. The lowest BCUT2D eigenvalue weighted by Gasteiger charge is -2.04. The van der Waals surface area contributed by atoms with Gasteiger partial charge in [0.1, 0.15) is 6.17 Å². The van der Waals surface area contributed by atoms with Crippen LogP contribution in [0.3, 0.4) is 0 Å². The maximum atomic E-state index is 11.6. The summed E-state index contributed by atoms with van der Waals surface area (Å²) in [6.45, 7) is -0.820. The summed E-state index contributed by atoms with van der Waals surface area (Å²) in [7, 11) is -2.20. The van der Waals surface area contributed by atoms with Gasteiger partial charge in [0.15, 0.2) is 0 Å². The van der Waals surface area contributed by atoms with Crippen LogP contribution in [-0.2, 0) is 9.09 Å². The molecule has 2 nitrogen and oxygen atoms in total. The predicted molar refractivity (Wildman–Crippen MR) is 34.3 cm³/mol. The maximum absolute atomic E-state index is 11.6. The Morgan fingerprint density at radius 3 is 2.60 bits per heavy atom. The molecular weight excluding hydrogens is 161 g/mol. The van der Waals surface area contributed by atoms with Crippen molar-refractivity contribution >= 4 is 7.37 Å². The molecule has 0 amide bonds. The Morgan fingerprint density at radius 1 is 1.70 bits per heavy atom. The van der Waals surface area contributed by atoms with Crippen LogP contribution < -0.4 is 0 Å². The number of alkyl halides is 1. The van der Waals surface area contributed by atoms with Crippen molar-refractivity contribution in [1.82, 2.24) is 0 Å². The molecule has 0 bridgehead atoms. The van der Waals surface area contributed by atoms with Gasteiger partial charge in [-0.05, 0) is 0 Å². The molecule has 0 heterocycles. The van der Waals surface area contributed by atoms with E-state index >= 15 is 0 Å². The second-order valence-corrected chi connectivity index (χ2v) is 3.86. The number of hydrogen-bond acceptors (Lipinski definition) is 2. The normalized spacial score (nSPS) is 15.1. The summed E-state index contributed by atoms with van der Waals surface area (Å²) in [6, 6.07) is 0. The molecule has 1 unspecified atom stereocenters. The molecule has 0 saturated heterocycles. The minimum Gasteiger partial charge on any atom is -0.323 e. The van der Waals surface area contributed by atoms with Gasteiger partial charge in [0.25, 0.3) is 7.37 Å². The SMILES string of the molecule is COP(=O)(C#CF)CCF. The van der Waals surface area contributed by atoms with E-state index in [1.54, 1.807) is 5.66 Å². The quantitative estimate of drug-likeness (QED) is 0.474. The standard InChI is InChI=1S/C5H7F2O2P/c1-9-10(8,4-2-6)5-3-7/h2,4H2,1H3. The van der Waals surface area contributed by atoms with Gasteiger partial charge in [-0.3, -0.25) is 8.96 Å². The highest BCUT2D eigenvalue weighted by Gasteiger charge is 2.17. The third-order valence-electron chi connectivity index (χ3n) is 0.886. The Hall–Kier alpha value is -0.390. The Balaban J connectivity index is 4.19. The zero-order valence-corrected chi connectivity index (χ0v) is 6.33. The van der Waals surface area contributed by atoms with Crippen LogP contribution >= 0.6 is 7.37 Å². The smallest absolute Gasteiger partial charge is 0.278 e. The molecular formula is C5H7F2O2P. The first-order valence-electron chi connectivity index (χ1n) is 2.52. The van der Waals surface area contributed by atoms with E-state index in [4.69, 9.17) is 0 Å². The lowest BCUT2D eigenvalue weighted by Crippen LogP contribution is -1.90. The molecule has 0 rings (SSSR count). The van der Waals surface area contributed by atoms with Crippen molar-refractivity contribution in [2.75, 3.05) is 19.9 Å². The highest BCUT2D eigenvalue weighted by atomic mass is 31.2. The fourth-order valence-corrected chi connectivity index (χ4v) is 1.11. The Bertz CT molecular complexity index is 194. The second-order valence-electron chi connectivity index (χ2n) is 1.47. The molecule has 58 valence electrons. The third-order valence-corrected chi connectivity index (χ3v) is 2.66. The number of rotatable bonds is 3. The zero-order valence-electron chi connectivity index (χ0n) is 5.43. The van der Waals surface area contributed by atoms with Gasteiger partial charge in [-0.2, -0.15) is 0 Å². The summed E-state index contributed by atoms with van der Waals surface area (Å²) >= 11 is 0. The van der Waals surface area contributed by atoms with E-state index in [1.165, 1.54) is 0 Å². The van der Waals surface area contributed by atoms with E-state index in [-0.39, 0.29) is 6.16 Å². The topological polar surface area (TPSA) is 26.3 Å². The molecule has 0 fully saturated rings. The molecule has 0 saturated carbocycles. The minimum absolute atomic E-state index is 0.347. The molecule has 0 N–H and O–H groups in total. The van der Waals surface area contributed by atoms with Gasteiger partial charge >= 0.3 is 0 Å². The van der Waals surface area contributed by atoms with Crippen molar-refractivity contribution < 1.29 is 17.9 Å². The molecule has 0 radical (unpaired) electrons. The molecule has 0 aromatic rings. The van der Waals surface area contributed by atoms with Crippen LogP contribution in [0.4, 0.5) is 8.78 Å². The largest absolute Gasteiger partial charge is 0.323 e. The van der Waals surface area contributed by atoms with E-state index in [2.05, 4.69) is 4.52 Å². The van der Waals surface area contributed by atoms with Gasteiger partial charge in [0.05, 0.1) is 12.8 Å². The zero-order chi connectivity index (χ0) is 8.04. The van der Waals surface area contributed by atoms with Gasteiger partial charge < -0.3 is 4.52 Å². The van der Waals surface area contributed by atoms with E-state index in [0.717, 1.165) is 13.3 Å². The van der Waals surface area contributed by atoms with E-state index in [9.17, 15) is 13.3 Å². The molecule has 0 aliphatic rings. The van der Waals surface area contributed by atoms with Crippen LogP contribution in [0.2, 0.25) is 0 Å². The van der Waals surface area contributed by atoms with E-state index in [0.29, 0.717) is 0 Å². The molecule has 0 aromatic carbocycles. The number of hydrogen-bond donors (Lipinski definition) is 0. The Labute approximate surface area is 58.0 Å². The maximum Gasteiger partial charge on any atom is 0.278 e. The van der Waals surface area contributed by atoms with Crippen LogP contribution in [0.15, 0.2) is 0 Å². The van der Waals surface area contributed by atoms with Gasteiger partial charge in [-0.1, -0.05) is 0 Å². The molecule has 0 spiro atoms. The second kappa shape index (κ2) is 4.43. The van der Waals surface area contributed by atoms with Crippen molar-refractivity contribution in [1.29, 1.82) is 0 Å². The van der Waals surface area contributed by atoms with Crippen molar-refractivity contribution in [2.45, 2.75) is 0 Å². The van der Waals surface area contributed by atoms with Crippen molar-refractivity contribution in [3.63, 3.8) is 0 Å². The summed E-state index contributed by atoms with van der Waals surface area (Å²) in [6.07, 6.45) is 0.592. The van der Waals surface area contributed by atoms with E-state index < -0.39 is 14.0 Å². The predicted octanol–water partition coefficient (Wildman–Crippen LogP) is 1.77. The van der Waals surface area contributed by atoms with Crippen LogP contribution in [0.1, 0.15) is 0 Å². The summed E-state index contributed by atoms with van der Waals surface area (Å²) in [5.74, 6) is 0. The minimum atomic E-state index is -3.31. The molecule has 10 heavy (non-hydrogen) atoms.